The third-order valence-corrected chi connectivity index (χ3v) is 5.11. The third kappa shape index (κ3) is 5.60. The number of nitrogens with two attached hydrogens (primary N) is 1. The molecule has 1 saturated heterocycles. The Hall–Kier alpha value is -3.29. The van der Waals surface area contributed by atoms with Crippen molar-refractivity contribution in [3.63, 3.8) is 0 Å². The molecule has 1 aliphatic rings. The van der Waals surface area contributed by atoms with Crippen molar-refractivity contribution in [1.29, 1.82) is 5.41 Å². The van der Waals surface area contributed by atoms with Crippen molar-refractivity contribution >= 4 is 23.5 Å². The molecule has 0 unspecified atom stereocenters. The second-order valence-electron chi connectivity index (χ2n) is 7.31. The Morgan fingerprint density at radius 1 is 1.17 bits per heavy atom. The maximum absolute atomic E-state index is 11.7. The number of hydrogen-bond donors (Lipinski definition) is 3. The van der Waals surface area contributed by atoms with E-state index >= 15 is 0 Å². The summed E-state index contributed by atoms with van der Waals surface area (Å²) in [5.74, 6) is -0.543. The number of nitrogens with one attached hydrogen (secondary N) is 1. The number of carboxylic acid groups (broad SMARTS) is 1. The summed E-state index contributed by atoms with van der Waals surface area (Å²) >= 11 is 0. The minimum absolute atomic E-state index is 0.00129. The normalized spacial score (nSPS) is 14.6. The van der Waals surface area contributed by atoms with Gasteiger partial charge in [0.05, 0.1) is 18.2 Å². The van der Waals surface area contributed by atoms with Gasteiger partial charge in [-0.2, -0.15) is 0 Å². The van der Waals surface area contributed by atoms with Crippen LogP contribution >= 0.6 is 0 Å². The molecule has 1 aromatic heterocycles. The van der Waals surface area contributed by atoms with E-state index in [4.69, 9.17) is 16.2 Å². The van der Waals surface area contributed by atoms with E-state index in [1.165, 1.54) is 0 Å². The number of anilines is 1. The number of hydrogen-bond acceptors (Lipinski definition) is 6. The van der Waals surface area contributed by atoms with Crippen LogP contribution in [0.1, 0.15) is 31.2 Å². The van der Waals surface area contributed by atoms with Crippen LogP contribution in [0.2, 0.25) is 0 Å². The summed E-state index contributed by atoms with van der Waals surface area (Å²) in [6.45, 7) is 1.28. The Morgan fingerprint density at radius 3 is 2.48 bits per heavy atom. The van der Waals surface area contributed by atoms with E-state index in [0.717, 1.165) is 16.7 Å². The Balaban J connectivity index is 1.62. The van der Waals surface area contributed by atoms with Crippen LogP contribution < -0.4 is 10.6 Å². The van der Waals surface area contributed by atoms with Gasteiger partial charge in [0, 0.05) is 37.5 Å². The predicted octanol–water partition coefficient (Wildman–Crippen LogP) is 2.27. The largest absolute Gasteiger partial charge is 0.481 e. The highest BCUT2D eigenvalue weighted by atomic mass is 16.4. The van der Waals surface area contributed by atoms with Gasteiger partial charge in [-0.15, -0.1) is 0 Å². The maximum Gasteiger partial charge on any atom is 0.306 e. The fourth-order valence-electron chi connectivity index (χ4n) is 3.45. The monoisotopic (exact) mass is 395 g/mol. The molecule has 0 spiro atoms. The van der Waals surface area contributed by atoms with E-state index in [2.05, 4.69) is 9.97 Å². The molecule has 1 aliphatic heterocycles. The average molecular weight is 395 g/mol. The second-order valence-corrected chi connectivity index (χ2v) is 7.31. The van der Waals surface area contributed by atoms with Crippen molar-refractivity contribution in [2.45, 2.75) is 32.1 Å². The summed E-state index contributed by atoms with van der Waals surface area (Å²) in [7, 11) is 0. The Morgan fingerprint density at radius 2 is 1.86 bits per heavy atom. The van der Waals surface area contributed by atoms with Crippen molar-refractivity contribution in [2.24, 2.45) is 11.7 Å². The molecule has 8 nitrogen and oxygen atoms in total. The molecule has 2 aromatic rings. The van der Waals surface area contributed by atoms with Crippen LogP contribution in [0.4, 0.5) is 5.95 Å². The van der Waals surface area contributed by atoms with Crippen LogP contribution in [0.25, 0.3) is 11.1 Å². The van der Waals surface area contributed by atoms with Crippen LogP contribution in [-0.4, -0.2) is 45.8 Å². The van der Waals surface area contributed by atoms with E-state index in [-0.39, 0.29) is 24.0 Å². The number of nitrogens with zero attached hydrogens (tertiary/aromatic N) is 3. The Labute approximate surface area is 169 Å². The first kappa shape index (κ1) is 20.4. The number of rotatable bonds is 8. The van der Waals surface area contributed by atoms with Gasteiger partial charge < -0.3 is 15.7 Å². The van der Waals surface area contributed by atoms with E-state index in [9.17, 15) is 9.59 Å². The molecular weight excluding hydrogens is 370 g/mol. The lowest BCUT2D eigenvalue weighted by molar-refractivity contribution is -0.142. The number of aryl methyl sites for hydroxylation is 1. The summed E-state index contributed by atoms with van der Waals surface area (Å²) in [6.07, 6.45) is 5.69. The van der Waals surface area contributed by atoms with Crippen LogP contribution in [0.5, 0.6) is 0 Å². The number of carbonyl (C=O) groups excluding carboxylic acids is 1. The van der Waals surface area contributed by atoms with Crippen molar-refractivity contribution < 1.29 is 14.7 Å². The molecular formula is C21H25N5O3. The molecule has 0 atom stereocenters. The number of amidine groups is 1. The molecule has 1 aromatic carbocycles. The van der Waals surface area contributed by atoms with Crippen LogP contribution in [-0.2, 0) is 16.0 Å². The van der Waals surface area contributed by atoms with Gasteiger partial charge >= 0.3 is 5.97 Å². The van der Waals surface area contributed by atoms with Crippen molar-refractivity contribution in [3.8, 4) is 11.1 Å². The summed E-state index contributed by atoms with van der Waals surface area (Å²) in [5, 5.41) is 16.3. The zero-order valence-corrected chi connectivity index (χ0v) is 16.2. The zero-order chi connectivity index (χ0) is 20.8. The van der Waals surface area contributed by atoms with Gasteiger partial charge in [-0.25, -0.2) is 9.97 Å². The molecule has 0 aliphatic carbocycles. The lowest BCUT2D eigenvalue weighted by Crippen LogP contribution is -2.37. The van der Waals surface area contributed by atoms with Crippen molar-refractivity contribution in [3.05, 3.63) is 42.2 Å². The summed E-state index contributed by atoms with van der Waals surface area (Å²) in [4.78, 5) is 33.8. The van der Waals surface area contributed by atoms with E-state index < -0.39 is 5.97 Å². The molecule has 1 fully saturated rings. The van der Waals surface area contributed by atoms with Gasteiger partial charge in [-0.05, 0) is 30.4 Å². The number of Topliss-reactive ketones (excluding diaryl/α,β-unsaturated/α-hetero) is 1. The number of ketones is 1. The predicted molar refractivity (Wildman–Crippen MR) is 110 cm³/mol. The van der Waals surface area contributed by atoms with Crippen molar-refractivity contribution in [2.75, 3.05) is 18.0 Å². The Bertz CT molecular complexity index is 889. The van der Waals surface area contributed by atoms with Gasteiger partial charge in [0.15, 0.2) is 0 Å². The molecule has 2 heterocycles. The molecule has 0 bridgehead atoms. The highest BCUT2D eigenvalue weighted by molar-refractivity contribution is 5.98. The number of benzene rings is 1. The van der Waals surface area contributed by atoms with E-state index in [1.807, 2.05) is 29.2 Å². The number of carboxylic acids is 1. The first-order valence-corrected chi connectivity index (χ1v) is 9.66. The summed E-state index contributed by atoms with van der Waals surface area (Å²) in [5.41, 5.74) is 8.15. The minimum Gasteiger partial charge on any atom is -0.481 e. The van der Waals surface area contributed by atoms with Gasteiger partial charge in [0.1, 0.15) is 5.78 Å². The molecule has 4 N–H and O–H groups in total. The van der Waals surface area contributed by atoms with Gasteiger partial charge in [0.2, 0.25) is 5.95 Å². The molecule has 29 heavy (non-hydrogen) atoms. The van der Waals surface area contributed by atoms with Gasteiger partial charge in [0.25, 0.3) is 0 Å². The highest BCUT2D eigenvalue weighted by Crippen LogP contribution is 2.24. The summed E-state index contributed by atoms with van der Waals surface area (Å²) < 4.78 is 0. The molecule has 8 heteroatoms. The smallest absolute Gasteiger partial charge is 0.306 e. The number of aromatic nitrogens is 2. The summed E-state index contributed by atoms with van der Waals surface area (Å²) in [6, 6.07) is 7.88. The Kier molecular flexibility index (Phi) is 6.54. The molecule has 0 saturated carbocycles. The van der Waals surface area contributed by atoms with Gasteiger partial charge in [-0.3, -0.25) is 15.0 Å². The van der Waals surface area contributed by atoms with Crippen LogP contribution in [0.3, 0.4) is 0 Å². The lowest BCUT2D eigenvalue weighted by atomic mass is 9.97. The number of aliphatic carboxylic acids is 1. The van der Waals surface area contributed by atoms with Gasteiger partial charge in [-0.1, -0.05) is 24.3 Å². The minimum atomic E-state index is -0.733. The second kappa shape index (κ2) is 9.27. The van der Waals surface area contributed by atoms with E-state index in [1.54, 1.807) is 12.4 Å². The standard InChI is InChI=1S/C21H25N5O3/c22-19(23)11-18(27)5-4-14-2-1-3-16(10-14)17-12-24-21(25-13-17)26-8-6-15(7-9-26)20(28)29/h1-3,10,12-13,15H,4-9,11H2,(H3,22,23)(H,28,29). The first-order valence-electron chi connectivity index (χ1n) is 9.66. The quantitative estimate of drug-likeness (QED) is 0.461. The lowest BCUT2D eigenvalue weighted by Gasteiger charge is -2.30. The molecule has 152 valence electrons. The SMILES string of the molecule is N=C(N)CC(=O)CCc1cccc(-c2cnc(N3CCC(C(=O)O)CC3)nc2)c1. The number of piperidine rings is 1. The average Bonchev–Trinajstić information content (AvgIpc) is 2.72. The van der Waals surface area contributed by atoms with Crippen LogP contribution in [0, 0.1) is 11.3 Å². The fraction of sp³-hybridized carbons (Fsp3) is 0.381. The first-order chi connectivity index (χ1) is 13.9. The molecule has 3 rings (SSSR count). The van der Waals surface area contributed by atoms with Crippen molar-refractivity contribution in [1.82, 2.24) is 9.97 Å². The third-order valence-electron chi connectivity index (χ3n) is 5.11. The zero-order valence-electron chi connectivity index (χ0n) is 16.2. The highest BCUT2D eigenvalue weighted by Gasteiger charge is 2.25. The topological polar surface area (TPSA) is 133 Å². The molecule has 0 amide bonds. The van der Waals surface area contributed by atoms with Crippen LogP contribution in [0.15, 0.2) is 36.7 Å². The molecule has 0 radical (unpaired) electrons. The fourth-order valence-corrected chi connectivity index (χ4v) is 3.45. The van der Waals surface area contributed by atoms with E-state index in [0.29, 0.717) is 44.7 Å². The number of carbonyl (C=O) groups is 2. The maximum atomic E-state index is 11.7.